The van der Waals surface area contributed by atoms with Gasteiger partial charge in [0, 0.05) is 0 Å². The first-order valence-electron chi connectivity index (χ1n) is 2.45. The van der Waals surface area contributed by atoms with E-state index in [-0.39, 0.29) is 0 Å². The third-order valence-corrected chi connectivity index (χ3v) is 1.16. The maximum atomic E-state index is 9.64. The van der Waals surface area contributed by atoms with Crippen molar-refractivity contribution in [3.05, 3.63) is 4.91 Å². The maximum Gasteiger partial charge on any atom is 0.100 e. The van der Waals surface area contributed by atoms with Crippen molar-refractivity contribution in [2.75, 3.05) is 13.1 Å². The Morgan fingerprint density at radius 3 is 2.38 bits per heavy atom. The van der Waals surface area contributed by atoms with Crippen LogP contribution in [0.4, 0.5) is 0 Å². The van der Waals surface area contributed by atoms with Crippen LogP contribution in [0.2, 0.25) is 0 Å². The molecule has 46 valence electrons. The summed E-state index contributed by atoms with van der Waals surface area (Å²) in [5, 5.41) is 12.9. The SMILES string of the molecule is CC1(O)CN(N=O)C1. The average molecular weight is 116 g/mol. The Bertz CT molecular complexity index is 105. The van der Waals surface area contributed by atoms with Crippen LogP contribution >= 0.6 is 0 Å². The third kappa shape index (κ3) is 0.790. The molecule has 0 amide bonds. The minimum absolute atomic E-state index is 0.372. The Hall–Kier alpha value is -0.640. The molecular formula is C4H8N2O2. The predicted octanol–water partition coefficient (Wildman–Crippen LogP) is -0.266. The minimum Gasteiger partial charge on any atom is -0.386 e. The van der Waals surface area contributed by atoms with Gasteiger partial charge in [0.1, 0.15) is 5.60 Å². The summed E-state index contributed by atoms with van der Waals surface area (Å²) in [6.45, 7) is 2.42. The summed E-state index contributed by atoms with van der Waals surface area (Å²) in [6.07, 6.45) is 0. The molecule has 0 aromatic rings. The van der Waals surface area contributed by atoms with Crippen LogP contribution in [0, 0.1) is 4.91 Å². The zero-order valence-electron chi connectivity index (χ0n) is 4.66. The maximum absolute atomic E-state index is 9.64. The van der Waals surface area contributed by atoms with Crippen molar-refractivity contribution in [2.45, 2.75) is 12.5 Å². The number of nitroso groups, excluding NO2 is 1. The van der Waals surface area contributed by atoms with Gasteiger partial charge in [-0.3, -0.25) is 5.01 Å². The van der Waals surface area contributed by atoms with E-state index in [4.69, 9.17) is 5.11 Å². The highest BCUT2D eigenvalue weighted by Gasteiger charge is 2.36. The lowest BCUT2D eigenvalue weighted by atomic mass is 10.00. The molecule has 4 heteroatoms. The fraction of sp³-hybridized carbons (Fsp3) is 1.00. The molecular weight excluding hydrogens is 108 g/mol. The van der Waals surface area contributed by atoms with Crippen molar-refractivity contribution in [2.24, 2.45) is 5.29 Å². The molecule has 1 aliphatic rings. The van der Waals surface area contributed by atoms with E-state index in [2.05, 4.69) is 5.29 Å². The number of hydrogen-bond donors (Lipinski definition) is 1. The predicted molar refractivity (Wildman–Crippen MR) is 28.0 cm³/mol. The third-order valence-electron chi connectivity index (χ3n) is 1.16. The Balaban J connectivity index is 2.31. The van der Waals surface area contributed by atoms with E-state index in [0.29, 0.717) is 13.1 Å². The highest BCUT2D eigenvalue weighted by molar-refractivity contribution is 4.88. The van der Waals surface area contributed by atoms with Crippen LogP contribution in [0.5, 0.6) is 0 Å². The van der Waals surface area contributed by atoms with Crippen LogP contribution in [0.25, 0.3) is 0 Å². The van der Waals surface area contributed by atoms with Gasteiger partial charge < -0.3 is 5.11 Å². The summed E-state index contributed by atoms with van der Waals surface area (Å²) in [5.41, 5.74) is -0.673. The van der Waals surface area contributed by atoms with Crippen molar-refractivity contribution < 1.29 is 5.11 Å². The zero-order chi connectivity index (χ0) is 6.20. The minimum atomic E-state index is -0.673. The quantitative estimate of drug-likeness (QED) is 0.480. The van der Waals surface area contributed by atoms with Crippen molar-refractivity contribution in [3.8, 4) is 0 Å². The smallest absolute Gasteiger partial charge is 0.100 e. The van der Waals surface area contributed by atoms with Crippen molar-refractivity contribution in [3.63, 3.8) is 0 Å². The normalized spacial score (nSPS) is 24.5. The second kappa shape index (κ2) is 1.42. The van der Waals surface area contributed by atoms with Crippen LogP contribution < -0.4 is 0 Å². The molecule has 0 unspecified atom stereocenters. The molecule has 1 aliphatic heterocycles. The van der Waals surface area contributed by atoms with Crippen LogP contribution in [0.3, 0.4) is 0 Å². The molecule has 1 heterocycles. The van der Waals surface area contributed by atoms with Gasteiger partial charge in [-0.1, -0.05) is 0 Å². The van der Waals surface area contributed by atoms with Crippen LogP contribution in [0.1, 0.15) is 6.92 Å². The zero-order valence-corrected chi connectivity index (χ0v) is 4.66. The number of hydrogen-bond acceptors (Lipinski definition) is 3. The van der Waals surface area contributed by atoms with E-state index in [1.165, 1.54) is 5.01 Å². The van der Waals surface area contributed by atoms with Crippen LogP contribution in [-0.2, 0) is 0 Å². The Labute approximate surface area is 47.0 Å². The lowest BCUT2D eigenvalue weighted by Gasteiger charge is -2.39. The standard InChI is InChI=1S/C4H8N2O2/c1-4(7)2-6(3-4)5-8/h7H,2-3H2,1H3. The van der Waals surface area contributed by atoms with E-state index in [0.717, 1.165) is 0 Å². The molecule has 1 saturated heterocycles. The van der Waals surface area contributed by atoms with E-state index in [1.807, 2.05) is 0 Å². The molecule has 4 nitrogen and oxygen atoms in total. The molecule has 0 saturated carbocycles. The summed E-state index contributed by atoms with van der Waals surface area (Å²) < 4.78 is 0. The van der Waals surface area contributed by atoms with Gasteiger partial charge in [-0.05, 0) is 6.92 Å². The Morgan fingerprint density at radius 1 is 1.75 bits per heavy atom. The molecule has 1 fully saturated rings. The van der Waals surface area contributed by atoms with E-state index < -0.39 is 5.60 Å². The summed E-state index contributed by atoms with van der Waals surface area (Å²) in [7, 11) is 0. The molecule has 1 rings (SSSR count). The molecule has 0 radical (unpaired) electrons. The number of aliphatic hydroxyl groups is 1. The summed E-state index contributed by atoms with van der Waals surface area (Å²) in [5.74, 6) is 0. The lowest BCUT2D eigenvalue weighted by Crippen LogP contribution is -2.57. The first kappa shape index (κ1) is 5.50. The molecule has 0 spiro atoms. The molecule has 0 atom stereocenters. The second-order valence-electron chi connectivity index (χ2n) is 2.40. The van der Waals surface area contributed by atoms with Gasteiger partial charge in [0.05, 0.1) is 18.4 Å². The monoisotopic (exact) mass is 116 g/mol. The van der Waals surface area contributed by atoms with E-state index in [9.17, 15) is 4.91 Å². The second-order valence-corrected chi connectivity index (χ2v) is 2.40. The van der Waals surface area contributed by atoms with Crippen molar-refractivity contribution in [1.29, 1.82) is 0 Å². The van der Waals surface area contributed by atoms with Gasteiger partial charge in [-0.2, -0.15) is 0 Å². The Kier molecular flexibility index (Phi) is 0.973. The molecule has 1 N–H and O–H groups in total. The van der Waals surface area contributed by atoms with Gasteiger partial charge in [0.2, 0.25) is 0 Å². The van der Waals surface area contributed by atoms with Gasteiger partial charge in [-0.15, -0.1) is 4.91 Å². The van der Waals surface area contributed by atoms with Crippen molar-refractivity contribution >= 4 is 0 Å². The first-order valence-corrected chi connectivity index (χ1v) is 2.45. The largest absolute Gasteiger partial charge is 0.386 e. The molecule has 0 aliphatic carbocycles. The Morgan fingerprint density at radius 2 is 2.25 bits per heavy atom. The van der Waals surface area contributed by atoms with Gasteiger partial charge in [0.25, 0.3) is 0 Å². The number of rotatable bonds is 1. The van der Waals surface area contributed by atoms with E-state index in [1.54, 1.807) is 6.92 Å². The summed E-state index contributed by atoms with van der Waals surface area (Å²) >= 11 is 0. The van der Waals surface area contributed by atoms with Crippen LogP contribution in [-0.4, -0.2) is 28.8 Å². The molecule has 8 heavy (non-hydrogen) atoms. The van der Waals surface area contributed by atoms with Crippen molar-refractivity contribution in [1.82, 2.24) is 5.01 Å². The van der Waals surface area contributed by atoms with Gasteiger partial charge in [-0.25, -0.2) is 0 Å². The van der Waals surface area contributed by atoms with Gasteiger partial charge in [0.15, 0.2) is 0 Å². The van der Waals surface area contributed by atoms with E-state index >= 15 is 0 Å². The number of β-amino-alcohol motifs (C(OH)–C–C–N with tert-alkyl or cyclic N) is 1. The topological polar surface area (TPSA) is 52.9 Å². The lowest BCUT2D eigenvalue weighted by molar-refractivity contribution is -0.0832. The molecule has 0 aromatic heterocycles. The number of nitrogens with zero attached hydrogens (tertiary/aromatic N) is 2. The summed E-state index contributed by atoms with van der Waals surface area (Å²) in [6, 6.07) is 0. The highest BCUT2D eigenvalue weighted by atomic mass is 16.3. The average Bonchev–Trinajstić information content (AvgIpc) is 1.60. The molecule has 0 aromatic carbocycles. The fourth-order valence-corrected chi connectivity index (χ4v) is 0.798. The summed E-state index contributed by atoms with van der Waals surface area (Å²) in [4.78, 5) is 9.64. The highest BCUT2D eigenvalue weighted by Crippen LogP contribution is 2.18. The van der Waals surface area contributed by atoms with Gasteiger partial charge >= 0.3 is 0 Å². The van der Waals surface area contributed by atoms with Crippen LogP contribution in [0.15, 0.2) is 5.29 Å². The first-order chi connectivity index (χ1) is 3.64. The molecule has 0 bridgehead atoms. The fourth-order valence-electron chi connectivity index (χ4n) is 0.798.